The molecule has 2 atom stereocenters. The predicted molar refractivity (Wildman–Crippen MR) is 139 cm³/mol. The average molecular weight is 518 g/mol. The van der Waals surface area contributed by atoms with Crippen LogP contribution in [-0.2, 0) is 11.2 Å². The summed E-state index contributed by atoms with van der Waals surface area (Å²) >= 11 is 6.08. The number of benzene rings is 1. The first-order valence-electron chi connectivity index (χ1n) is 12.6. The molecular formula is C27H34ClF2N5O. The fraction of sp³-hybridized carbons (Fsp3) is 0.519. The molecule has 2 heterocycles. The lowest BCUT2D eigenvalue weighted by Crippen LogP contribution is -2.51. The molecule has 1 amide bonds. The van der Waals surface area contributed by atoms with Crippen molar-refractivity contribution in [2.24, 2.45) is 0 Å². The van der Waals surface area contributed by atoms with Gasteiger partial charge in [0.15, 0.2) is 0 Å². The van der Waals surface area contributed by atoms with Crippen molar-refractivity contribution in [3.8, 4) is 0 Å². The number of anilines is 1. The van der Waals surface area contributed by atoms with Crippen LogP contribution in [0.3, 0.4) is 0 Å². The molecule has 1 saturated heterocycles. The van der Waals surface area contributed by atoms with E-state index in [2.05, 4.69) is 28.4 Å². The van der Waals surface area contributed by atoms with E-state index in [1.807, 2.05) is 17.0 Å². The molecule has 9 heteroatoms. The van der Waals surface area contributed by atoms with Crippen LogP contribution in [0.2, 0.25) is 5.02 Å². The number of aromatic nitrogens is 2. The van der Waals surface area contributed by atoms with Crippen LogP contribution < -0.4 is 4.90 Å². The van der Waals surface area contributed by atoms with Crippen LogP contribution in [0.5, 0.6) is 0 Å². The Morgan fingerprint density at radius 2 is 1.92 bits per heavy atom. The summed E-state index contributed by atoms with van der Waals surface area (Å²) in [5.74, 6) is 0.817. The lowest BCUT2D eigenvalue weighted by Gasteiger charge is -2.38. The van der Waals surface area contributed by atoms with Gasteiger partial charge in [0.2, 0.25) is 5.91 Å². The van der Waals surface area contributed by atoms with E-state index in [1.165, 1.54) is 5.56 Å². The molecule has 0 bridgehead atoms. The number of rotatable bonds is 10. The number of amides is 1. The normalized spacial score (nSPS) is 18.6. The van der Waals surface area contributed by atoms with Crippen LogP contribution in [0.4, 0.5) is 14.6 Å². The average Bonchev–Trinajstić information content (AvgIpc) is 3.26. The highest BCUT2D eigenvalue weighted by molar-refractivity contribution is 6.30. The SMILES string of the molecule is C=CCCN(CC(F)F)C[C@@H](C(=O)N1CCN(c2ncnc3c2[C@H](C)CC3)CC1)c1ccc(Cl)cc1. The third-order valence-electron chi connectivity index (χ3n) is 7.20. The van der Waals surface area contributed by atoms with E-state index in [0.717, 1.165) is 29.9 Å². The molecule has 1 aromatic heterocycles. The third kappa shape index (κ3) is 6.21. The van der Waals surface area contributed by atoms with Gasteiger partial charge >= 0.3 is 0 Å². The molecule has 0 N–H and O–H groups in total. The molecule has 1 aromatic carbocycles. The van der Waals surface area contributed by atoms with E-state index in [4.69, 9.17) is 11.6 Å². The van der Waals surface area contributed by atoms with Crippen molar-refractivity contribution >= 4 is 23.3 Å². The largest absolute Gasteiger partial charge is 0.353 e. The summed E-state index contributed by atoms with van der Waals surface area (Å²) in [6, 6.07) is 7.13. The van der Waals surface area contributed by atoms with E-state index >= 15 is 0 Å². The monoisotopic (exact) mass is 517 g/mol. The number of carbonyl (C=O) groups excluding carboxylic acids is 1. The van der Waals surface area contributed by atoms with Gasteiger partial charge in [-0.1, -0.05) is 36.7 Å². The van der Waals surface area contributed by atoms with Crippen molar-refractivity contribution in [1.29, 1.82) is 0 Å². The Labute approximate surface area is 217 Å². The molecule has 0 radical (unpaired) electrons. The van der Waals surface area contributed by atoms with Gasteiger partial charge in [0, 0.05) is 55.5 Å². The number of piperazine rings is 1. The quantitative estimate of drug-likeness (QED) is 0.425. The zero-order chi connectivity index (χ0) is 25.7. The van der Waals surface area contributed by atoms with Gasteiger partial charge in [-0.2, -0.15) is 0 Å². The Morgan fingerprint density at radius 3 is 2.58 bits per heavy atom. The smallest absolute Gasteiger partial charge is 0.251 e. The minimum atomic E-state index is -2.48. The van der Waals surface area contributed by atoms with Crippen molar-refractivity contribution in [3.05, 3.63) is 65.1 Å². The maximum Gasteiger partial charge on any atom is 0.251 e. The molecule has 0 saturated carbocycles. The Hall–Kier alpha value is -2.58. The van der Waals surface area contributed by atoms with Crippen molar-refractivity contribution in [2.75, 3.05) is 50.7 Å². The molecule has 0 unspecified atom stereocenters. The standard InChI is InChI=1S/C27H34ClF2N5O/c1-3-4-11-33(17-24(29)30)16-22(20-6-8-21(28)9-7-20)27(36)35-14-12-34(13-15-35)26-25-19(2)5-10-23(25)31-18-32-26/h3,6-9,18-19,22,24H,1,4-5,10-17H2,2H3/t19-,22-/m1/s1. The number of aryl methyl sites for hydroxylation is 1. The first-order chi connectivity index (χ1) is 17.4. The molecule has 0 spiro atoms. The maximum absolute atomic E-state index is 13.8. The molecule has 2 aliphatic rings. The lowest BCUT2D eigenvalue weighted by atomic mass is 9.96. The highest BCUT2D eigenvalue weighted by atomic mass is 35.5. The zero-order valence-corrected chi connectivity index (χ0v) is 21.5. The topological polar surface area (TPSA) is 52.6 Å². The third-order valence-corrected chi connectivity index (χ3v) is 7.45. The summed E-state index contributed by atoms with van der Waals surface area (Å²) in [5.41, 5.74) is 3.15. The Morgan fingerprint density at radius 1 is 1.19 bits per heavy atom. The highest BCUT2D eigenvalue weighted by Crippen LogP contribution is 2.37. The number of hydrogen-bond acceptors (Lipinski definition) is 5. The molecular weight excluding hydrogens is 484 g/mol. The summed E-state index contributed by atoms with van der Waals surface area (Å²) in [7, 11) is 0. The summed E-state index contributed by atoms with van der Waals surface area (Å²) in [4.78, 5) is 28.6. The van der Waals surface area contributed by atoms with E-state index in [1.54, 1.807) is 29.4 Å². The van der Waals surface area contributed by atoms with Gasteiger partial charge in [-0.05, 0) is 42.9 Å². The predicted octanol–water partition coefficient (Wildman–Crippen LogP) is 4.76. The van der Waals surface area contributed by atoms with Gasteiger partial charge in [0.05, 0.1) is 12.5 Å². The van der Waals surface area contributed by atoms with Crippen molar-refractivity contribution in [3.63, 3.8) is 0 Å². The number of alkyl halides is 2. The van der Waals surface area contributed by atoms with Crippen molar-refractivity contribution in [2.45, 2.75) is 44.4 Å². The van der Waals surface area contributed by atoms with Crippen molar-refractivity contribution in [1.82, 2.24) is 19.8 Å². The molecule has 194 valence electrons. The minimum absolute atomic E-state index is 0.0453. The second-order valence-corrected chi connectivity index (χ2v) is 10.1. The summed E-state index contributed by atoms with van der Waals surface area (Å²) < 4.78 is 26.6. The molecule has 1 aliphatic heterocycles. The second-order valence-electron chi connectivity index (χ2n) is 9.64. The van der Waals surface area contributed by atoms with E-state index in [9.17, 15) is 13.6 Å². The van der Waals surface area contributed by atoms with Gasteiger partial charge in [-0.15, -0.1) is 6.58 Å². The Balaban J connectivity index is 1.49. The maximum atomic E-state index is 13.8. The number of hydrogen-bond donors (Lipinski definition) is 0. The van der Waals surface area contributed by atoms with Crippen LogP contribution in [0.1, 0.15) is 48.4 Å². The summed E-state index contributed by atoms with van der Waals surface area (Å²) in [6.07, 6.45) is 3.52. The summed E-state index contributed by atoms with van der Waals surface area (Å²) in [5, 5.41) is 0.571. The van der Waals surface area contributed by atoms with Gasteiger partial charge in [0.25, 0.3) is 6.43 Å². The highest BCUT2D eigenvalue weighted by Gasteiger charge is 2.33. The zero-order valence-electron chi connectivity index (χ0n) is 20.8. The van der Waals surface area contributed by atoms with Crippen LogP contribution in [0, 0.1) is 0 Å². The first-order valence-corrected chi connectivity index (χ1v) is 13.0. The van der Waals surface area contributed by atoms with Crippen molar-refractivity contribution < 1.29 is 13.6 Å². The van der Waals surface area contributed by atoms with Crippen LogP contribution in [0.25, 0.3) is 0 Å². The first kappa shape index (κ1) is 26.5. The van der Waals surface area contributed by atoms with Crippen LogP contribution in [-0.4, -0.2) is 77.9 Å². The van der Waals surface area contributed by atoms with E-state index < -0.39 is 12.3 Å². The van der Waals surface area contributed by atoms with Gasteiger partial charge in [0.1, 0.15) is 12.1 Å². The Bertz CT molecular complexity index is 1040. The molecule has 6 nitrogen and oxygen atoms in total. The number of carbonyl (C=O) groups is 1. The molecule has 1 aliphatic carbocycles. The molecule has 4 rings (SSSR count). The summed E-state index contributed by atoms with van der Waals surface area (Å²) in [6.45, 7) is 8.64. The second kappa shape index (κ2) is 12.1. The fourth-order valence-electron chi connectivity index (χ4n) is 5.24. The minimum Gasteiger partial charge on any atom is -0.353 e. The van der Waals surface area contributed by atoms with Gasteiger partial charge < -0.3 is 9.80 Å². The number of halogens is 3. The van der Waals surface area contributed by atoms with Gasteiger partial charge in [-0.3, -0.25) is 9.69 Å². The molecule has 36 heavy (non-hydrogen) atoms. The molecule has 2 aromatic rings. The number of fused-ring (bicyclic) bond motifs is 1. The van der Waals surface area contributed by atoms with E-state index in [-0.39, 0.29) is 19.0 Å². The van der Waals surface area contributed by atoms with Crippen LogP contribution >= 0.6 is 11.6 Å². The molecule has 1 fully saturated rings. The van der Waals surface area contributed by atoms with E-state index in [0.29, 0.717) is 50.1 Å². The lowest BCUT2D eigenvalue weighted by molar-refractivity contribution is -0.133. The number of nitrogens with zero attached hydrogens (tertiary/aromatic N) is 5. The Kier molecular flexibility index (Phi) is 8.90. The fourth-order valence-corrected chi connectivity index (χ4v) is 5.37. The van der Waals surface area contributed by atoms with Crippen LogP contribution in [0.15, 0.2) is 43.2 Å². The van der Waals surface area contributed by atoms with Gasteiger partial charge in [-0.25, -0.2) is 18.7 Å².